The van der Waals surface area contributed by atoms with Crippen LogP contribution in [0.1, 0.15) is 28.7 Å². The molecule has 0 unspecified atom stereocenters. The Labute approximate surface area is 128 Å². The van der Waals surface area contributed by atoms with Crippen LogP contribution in [0.15, 0.2) is 30.7 Å². The van der Waals surface area contributed by atoms with Gasteiger partial charge in [-0.05, 0) is 32.9 Å². The lowest BCUT2D eigenvalue weighted by molar-refractivity contribution is 0.0937. The summed E-state index contributed by atoms with van der Waals surface area (Å²) in [6, 6.07) is 3.74. The SMILES string of the molecule is Cc1cc(C)n2ncc(C(=O)N[C@@H](C)Cn3cccn3)c2n1. The molecule has 1 amide bonds. The van der Waals surface area contributed by atoms with Gasteiger partial charge in [0.05, 0.1) is 12.7 Å². The number of hydrogen-bond donors (Lipinski definition) is 1. The van der Waals surface area contributed by atoms with Crippen molar-refractivity contribution in [1.82, 2.24) is 29.7 Å². The summed E-state index contributed by atoms with van der Waals surface area (Å²) in [5.74, 6) is -0.174. The molecule has 3 aromatic heterocycles. The average molecular weight is 298 g/mol. The maximum Gasteiger partial charge on any atom is 0.257 e. The molecular formula is C15H18N6O. The molecule has 0 aliphatic carbocycles. The molecule has 0 fully saturated rings. The normalized spacial score (nSPS) is 12.5. The van der Waals surface area contributed by atoms with Crippen LogP contribution in [-0.4, -0.2) is 36.3 Å². The molecule has 0 saturated heterocycles. The van der Waals surface area contributed by atoms with E-state index < -0.39 is 0 Å². The van der Waals surface area contributed by atoms with Crippen LogP contribution in [0.5, 0.6) is 0 Å². The maximum atomic E-state index is 12.4. The zero-order chi connectivity index (χ0) is 15.7. The van der Waals surface area contributed by atoms with Crippen LogP contribution in [0.25, 0.3) is 5.65 Å². The lowest BCUT2D eigenvalue weighted by Crippen LogP contribution is -2.35. The molecule has 7 nitrogen and oxygen atoms in total. The van der Waals surface area contributed by atoms with Crippen LogP contribution < -0.4 is 5.32 Å². The lowest BCUT2D eigenvalue weighted by Gasteiger charge is -2.13. The number of amides is 1. The molecular weight excluding hydrogens is 280 g/mol. The molecule has 0 bridgehead atoms. The van der Waals surface area contributed by atoms with Crippen molar-refractivity contribution in [3.8, 4) is 0 Å². The monoisotopic (exact) mass is 298 g/mol. The molecule has 22 heavy (non-hydrogen) atoms. The summed E-state index contributed by atoms with van der Waals surface area (Å²) in [6.45, 7) is 6.40. The van der Waals surface area contributed by atoms with Crippen LogP contribution >= 0.6 is 0 Å². The summed E-state index contributed by atoms with van der Waals surface area (Å²) in [5.41, 5.74) is 2.88. The van der Waals surface area contributed by atoms with Gasteiger partial charge >= 0.3 is 0 Å². The van der Waals surface area contributed by atoms with Gasteiger partial charge in [0.15, 0.2) is 5.65 Å². The first-order chi connectivity index (χ1) is 10.5. The quantitative estimate of drug-likeness (QED) is 0.789. The third kappa shape index (κ3) is 2.69. The fourth-order valence-corrected chi connectivity index (χ4v) is 2.47. The number of aryl methyl sites for hydroxylation is 2. The summed E-state index contributed by atoms with van der Waals surface area (Å²) >= 11 is 0. The highest BCUT2D eigenvalue weighted by molar-refractivity contribution is 5.99. The Balaban J connectivity index is 1.80. The second-order valence-electron chi connectivity index (χ2n) is 5.44. The number of nitrogens with one attached hydrogen (secondary N) is 1. The molecule has 0 aromatic carbocycles. The smallest absolute Gasteiger partial charge is 0.257 e. The van der Waals surface area contributed by atoms with Crippen LogP contribution in [0.3, 0.4) is 0 Å². The van der Waals surface area contributed by atoms with Gasteiger partial charge in [-0.3, -0.25) is 9.48 Å². The van der Waals surface area contributed by atoms with Gasteiger partial charge in [-0.25, -0.2) is 9.50 Å². The van der Waals surface area contributed by atoms with E-state index in [1.807, 2.05) is 39.1 Å². The molecule has 7 heteroatoms. The summed E-state index contributed by atoms with van der Waals surface area (Å²) < 4.78 is 3.47. The van der Waals surface area contributed by atoms with Crippen molar-refractivity contribution in [1.29, 1.82) is 0 Å². The van der Waals surface area contributed by atoms with Crippen molar-refractivity contribution in [2.45, 2.75) is 33.4 Å². The highest BCUT2D eigenvalue weighted by Crippen LogP contribution is 2.12. The second kappa shape index (κ2) is 5.59. The molecule has 0 aliphatic heterocycles. The summed E-state index contributed by atoms with van der Waals surface area (Å²) in [5, 5.41) is 11.3. The first kappa shape index (κ1) is 14.2. The standard InChI is InChI=1S/C15H18N6O/c1-10-7-12(3)21-14(18-10)13(8-17-21)15(22)19-11(2)9-20-6-4-5-16-20/h4-8,11H,9H2,1-3H3,(H,19,22)/t11-/m0/s1. The Morgan fingerprint density at radius 1 is 1.36 bits per heavy atom. The topological polar surface area (TPSA) is 77.1 Å². The molecule has 0 aliphatic rings. The minimum Gasteiger partial charge on any atom is -0.348 e. The van der Waals surface area contributed by atoms with Gasteiger partial charge in [-0.1, -0.05) is 0 Å². The molecule has 114 valence electrons. The minimum absolute atomic E-state index is 0.0479. The Kier molecular flexibility index (Phi) is 3.62. The van der Waals surface area contributed by atoms with E-state index in [0.717, 1.165) is 11.4 Å². The highest BCUT2D eigenvalue weighted by atomic mass is 16.1. The zero-order valence-corrected chi connectivity index (χ0v) is 12.8. The van der Waals surface area contributed by atoms with Gasteiger partial charge in [0.1, 0.15) is 5.56 Å². The van der Waals surface area contributed by atoms with Crippen molar-refractivity contribution < 1.29 is 4.79 Å². The Morgan fingerprint density at radius 2 is 2.18 bits per heavy atom. The van der Waals surface area contributed by atoms with Crippen LogP contribution in [0.4, 0.5) is 0 Å². The Morgan fingerprint density at radius 3 is 2.91 bits per heavy atom. The number of fused-ring (bicyclic) bond motifs is 1. The van der Waals surface area contributed by atoms with Crippen molar-refractivity contribution in [2.75, 3.05) is 0 Å². The van der Waals surface area contributed by atoms with E-state index in [9.17, 15) is 4.79 Å². The molecule has 3 heterocycles. The first-order valence-electron chi connectivity index (χ1n) is 7.15. The van der Waals surface area contributed by atoms with E-state index in [2.05, 4.69) is 20.5 Å². The summed E-state index contributed by atoms with van der Waals surface area (Å²) in [7, 11) is 0. The Bertz CT molecular complexity index is 805. The zero-order valence-electron chi connectivity index (χ0n) is 12.8. The Hall–Kier alpha value is -2.70. The van der Waals surface area contributed by atoms with E-state index in [1.54, 1.807) is 21.6 Å². The fraction of sp³-hybridized carbons (Fsp3) is 0.333. The third-order valence-corrected chi connectivity index (χ3v) is 3.42. The predicted octanol–water partition coefficient (Wildman–Crippen LogP) is 1.36. The molecule has 0 saturated carbocycles. The molecule has 3 aromatic rings. The van der Waals surface area contributed by atoms with E-state index in [0.29, 0.717) is 17.8 Å². The third-order valence-electron chi connectivity index (χ3n) is 3.42. The first-order valence-corrected chi connectivity index (χ1v) is 7.15. The number of nitrogens with zero attached hydrogens (tertiary/aromatic N) is 5. The van der Waals surface area contributed by atoms with Crippen LogP contribution in [0.2, 0.25) is 0 Å². The van der Waals surface area contributed by atoms with E-state index in [4.69, 9.17) is 0 Å². The van der Waals surface area contributed by atoms with Crippen molar-refractivity contribution in [3.05, 3.63) is 47.7 Å². The molecule has 0 spiro atoms. The summed E-state index contributed by atoms with van der Waals surface area (Å²) in [6.07, 6.45) is 5.15. The molecule has 1 N–H and O–H groups in total. The highest BCUT2D eigenvalue weighted by Gasteiger charge is 2.17. The molecule has 1 atom stereocenters. The van der Waals surface area contributed by atoms with Gasteiger partial charge < -0.3 is 5.32 Å². The van der Waals surface area contributed by atoms with E-state index >= 15 is 0 Å². The van der Waals surface area contributed by atoms with E-state index in [1.165, 1.54) is 0 Å². The average Bonchev–Trinajstić information content (AvgIpc) is 3.07. The van der Waals surface area contributed by atoms with E-state index in [-0.39, 0.29) is 11.9 Å². The second-order valence-corrected chi connectivity index (χ2v) is 5.44. The van der Waals surface area contributed by atoms with Gasteiger partial charge in [0.2, 0.25) is 0 Å². The van der Waals surface area contributed by atoms with Gasteiger partial charge in [0, 0.05) is 29.8 Å². The van der Waals surface area contributed by atoms with Gasteiger partial charge in [0.25, 0.3) is 5.91 Å². The maximum absolute atomic E-state index is 12.4. The van der Waals surface area contributed by atoms with Crippen molar-refractivity contribution in [3.63, 3.8) is 0 Å². The van der Waals surface area contributed by atoms with Crippen LogP contribution in [-0.2, 0) is 6.54 Å². The molecule has 0 radical (unpaired) electrons. The minimum atomic E-state index is -0.174. The number of aromatic nitrogens is 5. The van der Waals surface area contributed by atoms with Crippen molar-refractivity contribution in [2.24, 2.45) is 0 Å². The molecule has 3 rings (SSSR count). The number of carbonyl (C=O) groups is 1. The van der Waals surface area contributed by atoms with Crippen LogP contribution in [0, 0.1) is 13.8 Å². The fourth-order valence-electron chi connectivity index (χ4n) is 2.47. The van der Waals surface area contributed by atoms with Crippen molar-refractivity contribution >= 4 is 11.6 Å². The predicted molar refractivity (Wildman–Crippen MR) is 81.6 cm³/mol. The van der Waals surface area contributed by atoms with Gasteiger partial charge in [-0.15, -0.1) is 0 Å². The largest absolute Gasteiger partial charge is 0.348 e. The number of hydrogen-bond acceptors (Lipinski definition) is 4. The summed E-state index contributed by atoms with van der Waals surface area (Å²) in [4.78, 5) is 16.9. The number of carbonyl (C=O) groups excluding carboxylic acids is 1. The number of rotatable bonds is 4. The lowest BCUT2D eigenvalue weighted by atomic mass is 10.2. The van der Waals surface area contributed by atoms with Gasteiger partial charge in [-0.2, -0.15) is 10.2 Å².